The monoisotopic (exact) mass is 413 g/mol. The van der Waals surface area contributed by atoms with Crippen molar-refractivity contribution in [2.24, 2.45) is 5.92 Å². The fraction of sp³-hybridized carbons (Fsp3) is 0.400. The van der Waals surface area contributed by atoms with E-state index in [9.17, 15) is 4.79 Å². The van der Waals surface area contributed by atoms with Crippen molar-refractivity contribution in [1.29, 1.82) is 0 Å². The van der Waals surface area contributed by atoms with Crippen LogP contribution in [0.15, 0.2) is 24.4 Å². The van der Waals surface area contributed by atoms with E-state index in [0.717, 1.165) is 34.4 Å². The molecule has 9 heteroatoms. The molecule has 2 aromatic heterocycles. The zero-order valence-corrected chi connectivity index (χ0v) is 17.1. The number of carbonyl (C=O) groups excluding carboxylic acids is 1. The molecule has 1 saturated carbocycles. The Bertz CT molecular complexity index is 1040. The van der Waals surface area contributed by atoms with Crippen molar-refractivity contribution in [1.82, 2.24) is 25.4 Å². The number of piperidine rings is 1. The quantitative estimate of drug-likeness (QED) is 0.569. The van der Waals surface area contributed by atoms with Crippen LogP contribution < -0.4 is 5.32 Å². The molecule has 8 nitrogen and oxygen atoms in total. The molecule has 1 amide bonds. The Balaban J connectivity index is 0.000000645. The zero-order chi connectivity index (χ0) is 20.5. The lowest BCUT2D eigenvalue weighted by atomic mass is 10.0. The Morgan fingerprint density at radius 2 is 2.21 bits per heavy atom. The largest absolute Gasteiger partial charge is 0.483 e. The first-order valence-corrected chi connectivity index (χ1v) is 10.3. The second-order valence-electron chi connectivity index (χ2n) is 7.62. The van der Waals surface area contributed by atoms with Gasteiger partial charge in [-0.05, 0) is 50.9 Å². The van der Waals surface area contributed by atoms with Gasteiger partial charge in [0.2, 0.25) is 0 Å². The summed E-state index contributed by atoms with van der Waals surface area (Å²) in [6.45, 7) is 2.87. The number of hydrogen-bond acceptors (Lipinski definition) is 6. The van der Waals surface area contributed by atoms with E-state index in [1.54, 1.807) is 11.3 Å². The van der Waals surface area contributed by atoms with Crippen molar-refractivity contribution in [3.63, 3.8) is 0 Å². The van der Waals surface area contributed by atoms with Crippen molar-refractivity contribution < 1.29 is 14.7 Å². The summed E-state index contributed by atoms with van der Waals surface area (Å²) in [5.41, 5.74) is 2.37. The predicted octanol–water partition coefficient (Wildman–Crippen LogP) is 2.52. The van der Waals surface area contributed by atoms with Crippen LogP contribution in [0, 0.1) is 12.8 Å². The van der Waals surface area contributed by atoms with Gasteiger partial charge in [0.05, 0.1) is 5.52 Å². The first-order chi connectivity index (χ1) is 14.0. The Morgan fingerprint density at radius 1 is 1.41 bits per heavy atom. The third-order valence-corrected chi connectivity index (χ3v) is 6.74. The van der Waals surface area contributed by atoms with Crippen LogP contribution >= 0.6 is 11.3 Å². The summed E-state index contributed by atoms with van der Waals surface area (Å²) in [5.74, 6) is 0.483. The van der Waals surface area contributed by atoms with E-state index in [1.807, 2.05) is 31.3 Å². The standard InChI is InChI=1S/C19H21N5OS.CH2O2/c1-10-8-20-19(26-10)11-3-4-15-14(6-11)17(23-22-15)18(25)21-16-7-13-5-12(16)9-24(13)2;2-1-3/h3-4,6,8,12-13,16H,5,7,9H2,1-2H3,(H,21,25)(H,22,23);1H,(H,2,3). The fourth-order valence-electron chi connectivity index (χ4n) is 4.40. The number of likely N-dealkylation sites (tertiary alicyclic amines) is 1. The minimum Gasteiger partial charge on any atom is -0.483 e. The molecule has 5 rings (SSSR count). The molecular weight excluding hydrogens is 390 g/mol. The maximum Gasteiger partial charge on any atom is 0.290 e. The van der Waals surface area contributed by atoms with Gasteiger partial charge in [-0.3, -0.25) is 14.7 Å². The number of carbonyl (C=O) groups is 2. The van der Waals surface area contributed by atoms with E-state index in [0.29, 0.717) is 17.7 Å². The minimum absolute atomic E-state index is 0.0797. The summed E-state index contributed by atoms with van der Waals surface area (Å²) in [6.07, 6.45) is 4.11. The maximum atomic E-state index is 12.9. The highest BCUT2D eigenvalue weighted by molar-refractivity contribution is 7.14. The van der Waals surface area contributed by atoms with Crippen molar-refractivity contribution in [3.8, 4) is 10.6 Å². The van der Waals surface area contributed by atoms with E-state index < -0.39 is 0 Å². The first-order valence-electron chi connectivity index (χ1n) is 9.50. The van der Waals surface area contributed by atoms with Crippen LogP contribution in [-0.2, 0) is 4.79 Å². The summed E-state index contributed by atoms with van der Waals surface area (Å²) >= 11 is 1.65. The van der Waals surface area contributed by atoms with E-state index in [4.69, 9.17) is 9.90 Å². The number of nitrogens with one attached hydrogen (secondary N) is 2. The second-order valence-corrected chi connectivity index (χ2v) is 8.85. The summed E-state index contributed by atoms with van der Waals surface area (Å²) in [7, 11) is 2.17. The number of fused-ring (bicyclic) bond motifs is 3. The number of aromatic amines is 1. The van der Waals surface area contributed by atoms with E-state index >= 15 is 0 Å². The molecule has 3 unspecified atom stereocenters. The zero-order valence-electron chi connectivity index (χ0n) is 16.3. The molecule has 3 N–H and O–H groups in total. The fourth-order valence-corrected chi connectivity index (χ4v) is 5.16. The van der Waals surface area contributed by atoms with Crippen molar-refractivity contribution in [2.75, 3.05) is 13.6 Å². The Labute approximate surface area is 171 Å². The van der Waals surface area contributed by atoms with Crippen molar-refractivity contribution >= 4 is 34.6 Å². The number of aryl methyl sites for hydroxylation is 1. The van der Waals surface area contributed by atoms with Crippen molar-refractivity contribution in [2.45, 2.75) is 31.8 Å². The van der Waals surface area contributed by atoms with Crippen LogP contribution in [0.5, 0.6) is 0 Å². The minimum atomic E-state index is -0.250. The molecule has 1 saturated heterocycles. The Kier molecular flexibility index (Phi) is 5.33. The molecule has 2 fully saturated rings. The molecule has 1 aromatic carbocycles. The highest BCUT2D eigenvalue weighted by Crippen LogP contribution is 2.37. The topological polar surface area (TPSA) is 111 Å². The van der Waals surface area contributed by atoms with Gasteiger partial charge in [0.15, 0.2) is 5.69 Å². The molecule has 2 bridgehead atoms. The number of carboxylic acid groups (broad SMARTS) is 1. The average Bonchev–Trinajstić information content (AvgIpc) is 3.45. The van der Waals surface area contributed by atoms with Gasteiger partial charge in [0.25, 0.3) is 12.4 Å². The highest BCUT2D eigenvalue weighted by atomic mass is 32.1. The number of rotatable bonds is 3. The third-order valence-electron chi connectivity index (χ3n) is 5.78. The van der Waals surface area contributed by atoms with Gasteiger partial charge in [-0.15, -0.1) is 11.3 Å². The molecule has 2 aliphatic rings. The molecule has 3 aromatic rings. The molecule has 0 spiro atoms. The number of thiazole rings is 1. The number of hydrogen-bond donors (Lipinski definition) is 3. The Hall–Kier alpha value is -2.78. The number of amides is 1. The lowest BCUT2D eigenvalue weighted by Gasteiger charge is -2.28. The van der Waals surface area contributed by atoms with Gasteiger partial charge in [-0.2, -0.15) is 5.10 Å². The summed E-state index contributed by atoms with van der Waals surface area (Å²) in [4.78, 5) is 29.3. The number of benzene rings is 1. The predicted molar refractivity (Wildman–Crippen MR) is 111 cm³/mol. The number of nitrogens with zero attached hydrogens (tertiary/aromatic N) is 3. The molecule has 152 valence electrons. The van der Waals surface area contributed by atoms with Gasteiger partial charge < -0.3 is 15.3 Å². The van der Waals surface area contributed by atoms with Crippen molar-refractivity contribution in [3.05, 3.63) is 35.0 Å². The van der Waals surface area contributed by atoms with Crippen LogP contribution in [0.3, 0.4) is 0 Å². The Morgan fingerprint density at radius 3 is 2.83 bits per heavy atom. The summed E-state index contributed by atoms with van der Waals surface area (Å²) in [6, 6.07) is 6.88. The lowest BCUT2D eigenvalue weighted by molar-refractivity contribution is -0.122. The van der Waals surface area contributed by atoms with E-state index in [1.165, 1.54) is 11.3 Å². The van der Waals surface area contributed by atoms with Crippen LogP contribution in [0.25, 0.3) is 21.5 Å². The molecular formula is C20H23N5O3S. The normalized spacial score (nSPS) is 23.0. The molecule has 1 aliphatic heterocycles. The first kappa shape index (κ1) is 19.5. The maximum absolute atomic E-state index is 12.9. The van der Waals surface area contributed by atoms with Crippen LogP contribution in [0.4, 0.5) is 0 Å². The van der Waals surface area contributed by atoms with E-state index in [2.05, 4.69) is 32.4 Å². The average molecular weight is 414 g/mol. The van der Waals surface area contributed by atoms with Crippen LogP contribution in [-0.4, -0.2) is 63.2 Å². The molecule has 3 atom stereocenters. The highest BCUT2D eigenvalue weighted by Gasteiger charge is 2.43. The number of aromatic nitrogens is 3. The molecule has 29 heavy (non-hydrogen) atoms. The van der Waals surface area contributed by atoms with Crippen LogP contribution in [0.1, 0.15) is 28.2 Å². The van der Waals surface area contributed by atoms with Gasteiger partial charge in [-0.1, -0.05) is 0 Å². The summed E-state index contributed by atoms with van der Waals surface area (Å²) in [5, 5.41) is 19.2. The SMILES string of the molecule is Cc1cnc(-c2ccc3[nH]nc(C(=O)NC4CC5CC4CN5C)c3c2)s1.O=CO. The van der Waals surface area contributed by atoms with Gasteiger partial charge in [0.1, 0.15) is 5.01 Å². The van der Waals surface area contributed by atoms with Gasteiger partial charge in [0, 0.05) is 40.7 Å². The molecule has 1 aliphatic carbocycles. The summed E-state index contributed by atoms with van der Waals surface area (Å²) < 4.78 is 0. The van der Waals surface area contributed by atoms with Gasteiger partial charge >= 0.3 is 0 Å². The van der Waals surface area contributed by atoms with Crippen LogP contribution in [0.2, 0.25) is 0 Å². The lowest BCUT2D eigenvalue weighted by Crippen LogP contribution is -2.44. The van der Waals surface area contributed by atoms with Gasteiger partial charge in [-0.25, -0.2) is 4.98 Å². The molecule has 0 radical (unpaired) electrons. The second kappa shape index (κ2) is 7.92. The smallest absolute Gasteiger partial charge is 0.290 e. The van der Waals surface area contributed by atoms with E-state index in [-0.39, 0.29) is 18.4 Å². The molecule has 3 heterocycles. The third kappa shape index (κ3) is 3.75. The number of H-pyrrole nitrogens is 1.